The molecular weight excluding hydrogens is 360 g/mol. The third-order valence-electron chi connectivity index (χ3n) is 3.82. The highest BCUT2D eigenvalue weighted by atomic mass is 32.2. The van der Waals surface area contributed by atoms with Gasteiger partial charge in [0.05, 0.1) is 4.90 Å². The van der Waals surface area contributed by atoms with Gasteiger partial charge < -0.3 is 5.32 Å². The van der Waals surface area contributed by atoms with Crippen LogP contribution < -0.4 is 10.0 Å². The maximum Gasteiger partial charge on any atom is 0.241 e. The van der Waals surface area contributed by atoms with Crippen LogP contribution in [0.3, 0.4) is 0 Å². The van der Waals surface area contributed by atoms with Crippen LogP contribution in [-0.4, -0.2) is 19.9 Å². The van der Waals surface area contributed by atoms with Gasteiger partial charge in [0.15, 0.2) is 0 Å². The predicted molar refractivity (Wildman–Crippen MR) is 109 cm³/mol. The number of carbonyl (C=O) groups excluding carboxylic acids is 1. The maximum absolute atomic E-state index is 12.3. The Morgan fingerprint density at radius 3 is 2.04 bits per heavy atom. The molecule has 0 heterocycles. The molecule has 0 unspecified atom stereocenters. The first-order valence-corrected chi connectivity index (χ1v) is 10.4. The molecule has 146 valence electrons. The molecule has 2 aromatic carbocycles. The Morgan fingerprint density at radius 1 is 0.963 bits per heavy atom. The van der Waals surface area contributed by atoms with E-state index in [1.54, 1.807) is 45.0 Å². The van der Waals surface area contributed by atoms with Crippen molar-refractivity contribution in [1.82, 2.24) is 4.72 Å². The minimum atomic E-state index is -3.54. The Bertz CT molecular complexity index is 891. The van der Waals surface area contributed by atoms with E-state index in [0.29, 0.717) is 12.8 Å². The Kier molecular flexibility index (Phi) is 6.44. The van der Waals surface area contributed by atoms with Crippen molar-refractivity contribution in [3.8, 4) is 0 Å². The fraction of sp³-hybridized carbons (Fsp3) is 0.381. The van der Waals surface area contributed by atoms with E-state index in [9.17, 15) is 13.2 Å². The number of rotatable bonds is 6. The quantitative estimate of drug-likeness (QED) is 0.787. The van der Waals surface area contributed by atoms with Crippen molar-refractivity contribution in [1.29, 1.82) is 0 Å². The lowest BCUT2D eigenvalue weighted by Crippen LogP contribution is -2.40. The first-order valence-electron chi connectivity index (χ1n) is 8.96. The van der Waals surface area contributed by atoms with Crippen molar-refractivity contribution in [2.75, 3.05) is 5.32 Å². The van der Waals surface area contributed by atoms with Crippen LogP contribution >= 0.6 is 0 Å². The number of amides is 1. The Balaban J connectivity index is 1.95. The summed E-state index contributed by atoms with van der Waals surface area (Å²) >= 11 is 0. The van der Waals surface area contributed by atoms with E-state index in [-0.39, 0.29) is 10.8 Å². The summed E-state index contributed by atoms with van der Waals surface area (Å²) in [5, 5.41) is 2.91. The van der Waals surface area contributed by atoms with E-state index in [2.05, 4.69) is 16.1 Å². The molecule has 27 heavy (non-hydrogen) atoms. The molecule has 2 aromatic rings. The number of hydrogen-bond donors (Lipinski definition) is 2. The maximum atomic E-state index is 12.3. The molecule has 1 amide bonds. The summed E-state index contributed by atoms with van der Waals surface area (Å²) in [6.45, 7) is 9.38. The van der Waals surface area contributed by atoms with Gasteiger partial charge in [-0.05, 0) is 82.0 Å². The largest absolute Gasteiger partial charge is 0.326 e. The Hall–Kier alpha value is -2.18. The fourth-order valence-corrected chi connectivity index (χ4v) is 4.24. The van der Waals surface area contributed by atoms with E-state index in [1.165, 1.54) is 0 Å². The molecule has 0 radical (unpaired) electrons. The molecule has 5 nitrogen and oxygen atoms in total. The standard InChI is InChI=1S/C21H28N2O3S/c1-15-12-16(2)14-18(13-15)22-20(24)11-8-17-6-9-19(10-7-17)27(25,26)23-21(3,4)5/h6-7,9-10,12-14,23H,8,11H2,1-5H3,(H,22,24). The Morgan fingerprint density at radius 2 is 1.52 bits per heavy atom. The normalized spacial score (nSPS) is 12.0. The van der Waals surface area contributed by atoms with Crippen molar-refractivity contribution in [2.24, 2.45) is 0 Å². The minimum absolute atomic E-state index is 0.0638. The van der Waals surface area contributed by atoms with Gasteiger partial charge >= 0.3 is 0 Å². The molecule has 0 aliphatic rings. The monoisotopic (exact) mass is 388 g/mol. The van der Waals surface area contributed by atoms with Crippen LogP contribution in [0.25, 0.3) is 0 Å². The number of nitrogens with one attached hydrogen (secondary N) is 2. The third kappa shape index (κ3) is 6.81. The third-order valence-corrected chi connectivity index (χ3v) is 5.59. The van der Waals surface area contributed by atoms with Crippen molar-refractivity contribution >= 4 is 21.6 Å². The number of benzene rings is 2. The summed E-state index contributed by atoms with van der Waals surface area (Å²) in [5.41, 5.74) is 3.38. The van der Waals surface area contributed by atoms with Crippen molar-refractivity contribution in [2.45, 2.75) is 57.9 Å². The lowest BCUT2D eigenvalue weighted by Gasteiger charge is -2.20. The molecule has 2 N–H and O–H groups in total. The molecular formula is C21H28N2O3S. The number of anilines is 1. The Labute approximate surface area is 162 Å². The average Bonchev–Trinajstić information content (AvgIpc) is 2.50. The second-order valence-corrected chi connectivity index (χ2v) is 9.61. The van der Waals surface area contributed by atoms with Crippen LogP contribution in [0.1, 0.15) is 43.9 Å². The highest BCUT2D eigenvalue weighted by Gasteiger charge is 2.21. The summed E-state index contributed by atoms with van der Waals surface area (Å²) < 4.78 is 27.2. The summed E-state index contributed by atoms with van der Waals surface area (Å²) in [6, 6.07) is 12.6. The van der Waals surface area contributed by atoms with Crippen molar-refractivity contribution in [3.63, 3.8) is 0 Å². The molecule has 0 spiro atoms. The van der Waals surface area contributed by atoms with E-state index in [0.717, 1.165) is 22.4 Å². The SMILES string of the molecule is Cc1cc(C)cc(NC(=O)CCc2ccc(S(=O)(=O)NC(C)(C)C)cc2)c1. The molecule has 6 heteroatoms. The van der Waals surface area contributed by atoms with Crippen LogP contribution in [0.5, 0.6) is 0 Å². The second-order valence-electron chi connectivity index (χ2n) is 7.92. The van der Waals surface area contributed by atoms with Gasteiger partial charge in [0.25, 0.3) is 0 Å². The number of aryl methyl sites for hydroxylation is 3. The van der Waals surface area contributed by atoms with Crippen molar-refractivity contribution in [3.05, 3.63) is 59.2 Å². The lowest BCUT2D eigenvalue weighted by molar-refractivity contribution is -0.116. The lowest BCUT2D eigenvalue weighted by atomic mass is 10.1. The highest BCUT2D eigenvalue weighted by Crippen LogP contribution is 2.16. The average molecular weight is 389 g/mol. The van der Waals surface area contributed by atoms with Gasteiger partial charge in [-0.3, -0.25) is 4.79 Å². The van der Waals surface area contributed by atoms with Gasteiger partial charge in [0.1, 0.15) is 0 Å². The topological polar surface area (TPSA) is 75.3 Å². The van der Waals surface area contributed by atoms with Gasteiger partial charge in [-0.2, -0.15) is 0 Å². The highest BCUT2D eigenvalue weighted by molar-refractivity contribution is 7.89. The van der Waals surface area contributed by atoms with Crippen LogP contribution in [0, 0.1) is 13.8 Å². The second kappa shape index (κ2) is 8.23. The molecule has 0 aliphatic carbocycles. The number of sulfonamides is 1. The van der Waals surface area contributed by atoms with Crippen LogP contribution in [0.15, 0.2) is 47.4 Å². The van der Waals surface area contributed by atoms with E-state index >= 15 is 0 Å². The van der Waals surface area contributed by atoms with E-state index in [4.69, 9.17) is 0 Å². The smallest absolute Gasteiger partial charge is 0.241 e. The zero-order chi connectivity index (χ0) is 20.2. The number of carbonyl (C=O) groups is 1. The van der Waals surface area contributed by atoms with Crippen molar-refractivity contribution < 1.29 is 13.2 Å². The molecule has 0 aliphatic heterocycles. The van der Waals surface area contributed by atoms with Crippen LogP contribution in [-0.2, 0) is 21.2 Å². The summed E-state index contributed by atoms with van der Waals surface area (Å²) in [4.78, 5) is 12.4. The summed E-state index contributed by atoms with van der Waals surface area (Å²) in [7, 11) is -3.54. The zero-order valence-corrected chi connectivity index (χ0v) is 17.4. The van der Waals surface area contributed by atoms with Gasteiger partial charge in [0, 0.05) is 17.6 Å². The van der Waals surface area contributed by atoms with Crippen LogP contribution in [0.4, 0.5) is 5.69 Å². The first-order chi connectivity index (χ1) is 12.4. The summed E-state index contributed by atoms with van der Waals surface area (Å²) in [6.07, 6.45) is 0.878. The predicted octanol–water partition coefficient (Wildman–Crippen LogP) is 3.95. The summed E-state index contributed by atoms with van der Waals surface area (Å²) in [5.74, 6) is -0.0638. The first kappa shape index (κ1) is 21.1. The zero-order valence-electron chi connectivity index (χ0n) is 16.6. The number of hydrogen-bond acceptors (Lipinski definition) is 3. The fourth-order valence-electron chi connectivity index (χ4n) is 2.83. The molecule has 0 saturated carbocycles. The van der Waals surface area contributed by atoms with E-state index in [1.807, 2.05) is 26.0 Å². The van der Waals surface area contributed by atoms with Gasteiger partial charge in [-0.1, -0.05) is 18.2 Å². The van der Waals surface area contributed by atoms with Gasteiger partial charge in [-0.15, -0.1) is 0 Å². The van der Waals surface area contributed by atoms with Gasteiger partial charge in [0.2, 0.25) is 15.9 Å². The molecule has 2 rings (SSSR count). The molecule has 0 aromatic heterocycles. The molecule has 0 bridgehead atoms. The molecule has 0 saturated heterocycles. The van der Waals surface area contributed by atoms with Crippen LogP contribution in [0.2, 0.25) is 0 Å². The molecule has 0 fully saturated rings. The van der Waals surface area contributed by atoms with E-state index < -0.39 is 15.6 Å². The minimum Gasteiger partial charge on any atom is -0.326 e. The molecule has 0 atom stereocenters. The van der Waals surface area contributed by atoms with Gasteiger partial charge in [-0.25, -0.2) is 13.1 Å².